The summed E-state index contributed by atoms with van der Waals surface area (Å²) < 4.78 is 1.40. The molecule has 0 radical (unpaired) electrons. The summed E-state index contributed by atoms with van der Waals surface area (Å²) in [7, 11) is 0. The third kappa shape index (κ3) is 3.91. The second-order valence-corrected chi connectivity index (χ2v) is 7.33. The van der Waals surface area contributed by atoms with Crippen molar-refractivity contribution >= 4 is 23.2 Å². The van der Waals surface area contributed by atoms with E-state index in [4.69, 9.17) is 5.84 Å². The van der Waals surface area contributed by atoms with Crippen molar-refractivity contribution in [3.8, 4) is 11.4 Å². The summed E-state index contributed by atoms with van der Waals surface area (Å²) in [4.78, 5) is 18.5. The largest absolute Gasteiger partial charge is 0.338 e. The maximum absolute atomic E-state index is 12.6. The number of thioether (sulfide) groups is 1. The molecule has 0 fully saturated rings. The number of carbonyl (C=O) groups excluding carboxylic acids is 1. The average molecular weight is 392 g/mol. The van der Waals surface area contributed by atoms with E-state index in [1.807, 2.05) is 35.2 Å². The molecule has 3 heterocycles. The Morgan fingerprint density at radius 3 is 2.64 bits per heavy atom. The van der Waals surface area contributed by atoms with Crippen molar-refractivity contribution < 1.29 is 4.79 Å². The maximum atomic E-state index is 12.6. The van der Waals surface area contributed by atoms with Crippen LogP contribution in [0.25, 0.3) is 17.0 Å². The summed E-state index contributed by atoms with van der Waals surface area (Å²) in [5, 5.41) is 8.72. The standard InChI is InChI=1S/C20H20N6OS/c21-26-19(17-7-4-10-22-13-17)23-24-20(26)28-14-18(27)25-11-8-16(9-12-25)15-5-2-1-3-6-15/h1-8,10,13H,9,11-12,14,21H2. The second-order valence-electron chi connectivity index (χ2n) is 6.39. The van der Waals surface area contributed by atoms with Gasteiger partial charge in [0.2, 0.25) is 11.1 Å². The van der Waals surface area contributed by atoms with Gasteiger partial charge in [0.25, 0.3) is 0 Å². The Bertz CT molecular complexity index is 986. The second kappa shape index (κ2) is 8.26. The lowest BCUT2D eigenvalue weighted by molar-refractivity contribution is -0.127. The Balaban J connectivity index is 1.36. The van der Waals surface area contributed by atoms with Crippen LogP contribution in [0.4, 0.5) is 0 Å². The van der Waals surface area contributed by atoms with Crippen LogP contribution in [0.1, 0.15) is 12.0 Å². The first-order valence-corrected chi connectivity index (χ1v) is 9.97. The van der Waals surface area contributed by atoms with Crippen LogP contribution < -0.4 is 5.84 Å². The molecule has 4 rings (SSSR count). The van der Waals surface area contributed by atoms with Gasteiger partial charge in [-0.3, -0.25) is 9.78 Å². The summed E-state index contributed by atoms with van der Waals surface area (Å²) in [6.45, 7) is 1.34. The zero-order valence-electron chi connectivity index (χ0n) is 15.2. The minimum absolute atomic E-state index is 0.0688. The van der Waals surface area contributed by atoms with Crippen molar-refractivity contribution in [1.82, 2.24) is 24.8 Å². The quantitative estimate of drug-likeness (QED) is 0.530. The highest BCUT2D eigenvalue weighted by Gasteiger charge is 2.20. The van der Waals surface area contributed by atoms with E-state index in [1.54, 1.807) is 12.4 Å². The van der Waals surface area contributed by atoms with Crippen molar-refractivity contribution in [3.05, 3.63) is 66.5 Å². The molecule has 0 bridgehead atoms. The summed E-state index contributed by atoms with van der Waals surface area (Å²) in [6, 6.07) is 14.0. The number of carbonyl (C=O) groups is 1. The van der Waals surface area contributed by atoms with Crippen LogP contribution in [-0.2, 0) is 4.79 Å². The first-order valence-electron chi connectivity index (χ1n) is 8.98. The molecule has 0 saturated heterocycles. The Kier molecular flexibility index (Phi) is 5.38. The first kappa shape index (κ1) is 18.2. The molecule has 1 amide bonds. The fraction of sp³-hybridized carbons (Fsp3) is 0.200. The molecule has 1 aliphatic rings. The van der Waals surface area contributed by atoms with Crippen LogP contribution in [0.2, 0.25) is 0 Å². The number of rotatable bonds is 5. The number of aromatic nitrogens is 4. The third-order valence-corrected chi connectivity index (χ3v) is 5.54. The van der Waals surface area contributed by atoms with Crippen LogP contribution in [0, 0.1) is 0 Å². The summed E-state index contributed by atoms with van der Waals surface area (Å²) in [5.41, 5.74) is 3.30. The van der Waals surface area contributed by atoms with E-state index < -0.39 is 0 Å². The molecule has 0 atom stereocenters. The molecule has 2 N–H and O–H groups in total. The van der Waals surface area contributed by atoms with Crippen LogP contribution in [0.5, 0.6) is 0 Å². The van der Waals surface area contributed by atoms with Gasteiger partial charge in [0.15, 0.2) is 5.82 Å². The van der Waals surface area contributed by atoms with Crippen LogP contribution in [0.15, 0.2) is 66.1 Å². The number of pyridine rings is 1. The van der Waals surface area contributed by atoms with Gasteiger partial charge < -0.3 is 10.7 Å². The molecule has 0 spiro atoms. The van der Waals surface area contributed by atoms with Crippen molar-refractivity contribution in [3.63, 3.8) is 0 Å². The molecule has 28 heavy (non-hydrogen) atoms. The Morgan fingerprint density at radius 2 is 1.93 bits per heavy atom. The number of benzene rings is 1. The van der Waals surface area contributed by atoms with Crippen LogP contribution in [0.3, 0.4) is 0 Å². The van der Waals surface area contributed by atoms with E-state index in [1.165, 1.54) is 27.6 Å². The molecule has 0 aliphatic carbocycles. The number of nitrogens with zero attached hydrogens (tertiary/aromatic N) is 5. The number of hydrogen-bond donors (Lipinski definition) is 1. The zero-order chi connectivity index (χ0) is 19.3. The molecule has 142 valence electrons. The Hall–Kier alpha value is -3.13. The molecular formula is C20H20N6OS. The molecule has 3 aromatic rings. The van der Waals surface area contributed by atoms with Crippen LogP contribution >= 0.6 is 11.8 Å². The van der Waals surface area contributed by atoms with Gasteiger partial charge in [0, 0.05) is 31.0 Å². The zero-order valence-corrected chi connectivity index (χ0v) is 16.0. The van der Waals surface area contributed by atoms with Crippen molar-refractivity contribution in [2.24, 2.45) is 0 Å². The predicted molar refractivity (Wildman–Crippen MR) is 110 cm³/mol. The molecule has 0 saturated carbocycles. The van der Waals surface area contributed by atoms with Gasteiger partial charge in [-0.15, -0.1) is 10.2 Å². The molecule has 7 nitrogen and oxygen atoms in total. The SMILES string of the molecule is Nn1c(SCC(=O)N2CC=C(c3ccccc3)CC2)nnc1-c1cccnc1. The van der Waals surface area contributed by atoms with E-state index in [2.05, 4.69) is 33.4 Å². The lowest BCUT2D eigenvalue weighted by atomic mass is 10.00. The van der Waals surface area contributed by atoms with Gasteiger partial charge in [-0.05, 0) is 29.7 Å². The van der Waals surface area contributed by atoms with Gasteiger partial charge in [-0.1, -0.05) is 48.2 Å². The lowest BCUT2D eigenvalue weighted by Gasteiger charge is -2.26. The van der Waals surface area contributed by atoms with E-state index in [0.717, 1.165) is 18.5 Å². The Labute approximate surface area is 167 Å². The number of amides is 1. The minimum atomic E-state index is 0.0688. The van der Waals surface area contributed by atoms with E-state index in [-0.39, 0.29) is 11.7 Å². The van der Waals surface area contributed by atoms with Crippen molar-refractivity contribution in [2.45, 2.75) is 11.6 Å². The van der Waals surface area contributed by atoms with Gasteiger partial charge in [-0.2, -0.15) is 0 Å². The highest BCUT2D eigenvalue weighted by molar-refractivity contribution is 7.99. The fourth-order valence-corrected chi connectivity index (χ4v) is 3.85. The van der Waals surface area contributed by atoms with Gasteiger partial charge in [0.1, 0.15) is 0 Å². The monoisotopic (exact) mass is 392 g/mol. The number of hydrogen-bond acceptors (Lipinski definition) is 6. The van der Waals surface area contributed by atoms with E-state index >= 15 is 0 Å². The highest BCUT2D eigenvalue weighted by Crippen LogP contribution is 2.24. The number of nitrogen functional groups attached to an aromatic ring is 1. The summed E-state index contributed by atoms with van der Waals surface area (Å²) in [5.74, 6) is 6.96. The highest BCUT2D eigenvalue weighted by atomic mass is 32.2. The molecule has 2 aromatic heterocycles. The normalized spacial score (nSPS) is 14.0. The summed E-state index contributed by atoms with van der Waals surface area (Å²) in [6.07, 6.45) is 6.36. The number of nitrogens with two attached hydrogens (primary N) is 1. The van der Waals surface area contributed by atoms with E-state index in [0.29, 0.717) is 17.5 Å². The predicted octanol–water partition coefficient (Wildman–Crippen LogP) is 2.46. The molecule has 8 heteroatoms. The van der Waals surface area contributed by atoms with Crippen molar-refractivity contribution in [1.29, 1.82) is 0 Å². The minimum Gasteiger partial charge on any atom is -0.338 e. The lowest BCUT2D eigenvalue weighted by Crippen LogP contribution is -2.36. The Morgan fingerprint density at radius 1 is 1.11 bits per heavy atom. The molecule has 1 aromatic carbocycles. The van der Waals surface area contributed by atoms with Gasteiger partial charge in [-0.25, -0.2) is 4.68 Å². The van der Waals surface area contributed by atoms with E-state index in [9.17, 15) is 4.79 Å². The average Bonchev–Trinajstić information content (AvgIpc) is 3.13. The fourth-order valence-electron chi connectivity index (χ4n) is 3.10. The van der Waals surface area contributed by atoms with Crippen molar-refractivity contribution in [2.75, 3.05) is 24.7 Å². The smallest absolute Gasteiger partial charge is 0.233 e. The topological polar surface area (TPSA) is 89.9 Å². The maximum Gasteiger partial charge on any atom is 0.233 e. The molecular weight excluding hydrogens is 372 g/mol. The van der Waals surface area contributed by atoms with Gasteiger partial charge in [0.05, 0.1) is 5.75 Å². The van der Waals surface area contributed by atoms with Gasteiger partial charge >= 0.3 is 0 Å². The summed E-state index contributed by atoms with van der Waals surface area (Å²) >= 11 is 1.29. The van der Waals surface area contributed by atoms with Crippen LogP contribution in [-0.4, -0.2) is 49.5 Å². The molecule has 1 aliphatic heterocycles. The molecule has 0 unspecified atom stereocenters. The first-order chi connectivity index (χ1) is 13.7. The third-order valence-electron chi connectivity index (χ3n) is 4.62.